The molecule has 3 aromatic rings. The van der Waals surface area contributed by atoms with E-state index < -0.39 is 23.0 Å². The second-order valence-electron chi connectivity index (χ2n) is 9.62. The highest BCUT2D eigenvalue weighted by atomic mass is 35.5. The second-order valence-corrected chi connectivity index (χ2v) is 10.9. The lowest BCUT2D eigenvalue weighted by atomic mass is 9.95. The molecule has 0 aliphatic heterocycles. The van der Waals surface area contributed by atoms with Gasteiger partial charge in [-0.25, -0.2) is 17.9 Å². The Labute approximate surface area is 215 Å². The number of nitrogens with zero attached hydrogens (tertiary/aromatic N) is 5. The molecule has 0 spiro atoms. The Morgan fingerprint density at radius 3 is 2.56 bits per heavy atom. The Bertz CT molecular complexity index is 1330. The third-order valence-electron chi connectivity index (χ3n) is 7.32. The lowest BCUT2D eigenvalue weighted by Crippen LogP contribution is -2.35. The molecule has 3 unspecified atom stereocenters. The molecule has 2 aromatic heterocycles. The standard InChI is InChI=1S/C23H27ClFN7O3S/c1-30-10-19(27-11-30)32(36(34)35)16-7-12-5-14(6-13(12)8-16)21-20(22(26)31(2)29-21)23(33)28-15-3-4-18(25)17(24)9-15/h3-4,9-14,16H,5-8,26H2,1-2H3,(H,28,33)(H,34,35). The summed E-state index contributed by atoms with van der Waals surface area (Å²) in [4.78, 5) is 17.4. The predicted molar refractivity (Wildman–Crippen MR) is 135 cm³/mol. The fraction of sp³-hybridized carbons (Fsp3) is 0.435. The van der Waals surface area contributed by atoms with Crippen molar-refractivity contribution in [3.8, 4) is 0 Å². The van der Waals surface area contributed by atoms with E-state index in [0.29, 0.717) is 34.6 Å². The molecule has 192 valence electrons. The van der Waals surface area contributed by atoms with E-state index in [1.165, 1.54) is 27.2 Å². The van der Waals surface area contributed by atoms with Crippen molar-refractivity contribution in [2.75, 3.05) is 15.4 Å². The van der Waals surface area contributed by atoms with Gasteiger partial charge < -0.3 is 15.6 Å². The van der Waals surface area contributed by atoms with Crippen LogP contribution in [0.4, 0.5) is 21.7 Å². The van der Waals surface area contributed by atoms with Gasteiger partial charge in [0.25, 0.3) is 17.2 Å². The quantitative estimate of drug-likeness (QED) is 0.412. The first-order valence-electron chi connectivity index (χ1n) is 11.6. The van der Waals surface area contributed by atoms with E-state index in [1.54, 1.807) is 24.1 Å². The number of nitrogens with two attached hydrogens (primary N) is 1. The van der Waals surface area contributed by atoms with Gasteiger partial charge in [0.2, 0.25) is 0 Å². The fourth-order valence-corrected chi connectivity index (χ4v) is 6.61. The summed E-state index contributed by atoms with van der Waals surface area (Å²) in [7, 11) is 3.51. The molecule has 1 aromatic carbocycles. The Hall–Kier alpha value is -2.96. The van der Waals surface area contributed by atoms with Crippen LogP contribution in [-0.4, -0.2) is 40.0 Å². The van der Waals surface area contributed by atoms with Crippen LogP contribution in [0.25, 0.3) is 0 Å². The number of aryl methyl sites for hydroxylation is 2. The number of nitrogens with one attached hydrogen (secondary N) is 1. The second kappa shape index (κ2) is 9.49. The number of amides is 1. The van der Waals surface area contributed by atoms with Crippen LogP contribution in [0.15, 0.2) is 30.7 Å². The van der Waals surface area contributed by atoms with E-state index in [2.05, 4.69) is 15.4 Å². The van der Waals surface area contributed by atoms with Crippen molar-refractivity contribution in [2.45, 2.75) is 37.6 Å². The zero-order valence-electron chi connectivity index (χ0n) is 19.8. The highest BCUT2D eigenvalue weighted by Crippen LogP contribution is 2.52. The summed E-state index contributed by atoms with van der Waals surface area (Å²) in [5, 5.41) is 7.24. The molecule has 3 atom stereocenters. The third kappa shape index (κ3) is 4.48. The largest absolute Gasteiger partial charge is 0.383 e. The fourth-order valence-electron chi connectivity index (χ4n) is 5.75. The lowest BCUT2D eigenvalue weighted by molar-refractivity contribution is 0.102. The van der Waals surface area contributed by atoms with E-state index in [0.717, 1.165) is 25.7 Å². The molecule has 2 fully saturated rings. The number of carbonyl (C=O) groups excluding carboxylic acids is 1. The van der Waals surface area contributed by atoms with Crippen LogP contribution in [0.5, 0.6) is 0 Å². The summed E-state index contributed by atoms with van der Waals surface area (Å²) in [5.74, 6) is 0.420. The molecule has 1 amide bonds. The summed E-state index contributed by atoms with van der Waals surface area (Å²) in [6, 6.07) is 3.87. The maximum Gasteiger partial charge on any atom is 0.263 e. The molecule has 2 saturated carbocycles. The molecule has 4 N–H and O–H groups in total. The molecule has 13 heteroatoms. The van der Waals surface area contributed by atoms with Gasteiger partial charge in [-0.2, -0.15) is 5.10 Å². The van der Waals surface area contributed by atoms with Crippen molar-refractivity contribution in [1.29, 1.82) is 0 Å². The number of halogens is 2. The molecule has 0 saturated heterocycles. The number of anilines is 3. The monoisotopic (exact) mass is 535 g/mol. The highest BCUT2D eigenvalue weighted by molar-refractivity contribution is 7.80. The molecule has 0 radical (unpaired) electrons. The van der Waals surface area contributed by atoms with Gasteiger partial charge in [0.1, 0.15) is 17.2 Å². The van der Waals surface area contributed by atoms with Gasteiger partial charge in [-0.15, -0.1) is 0 Å². The van der Waals surface area contributed by atoms with Gasteiger partial charge in [0.15, 0.2) is 5.82 Å². The smallest absolute Gasteiger partial charge is 0.263 e. The third-order valence-corrected chi connectivity index (χ3v) is 8.43. The van der Waals surface area contributed by atoms with Crippen LogP contribution in [0.3, 0.4) is 0 Å². The van der Waals surface area contributed by atoms with Crippen molar-refractivity contribution < 1.29 is 17.9 Å². The van der Waals surface area contributed by atoms with E-state index in [-0.39, 0.29) is 22.8 Å². The SMILES string of the molecule is Cn1cnc(N(C2CC3CC(c4nn(C)c(N)c4C(=O)Nc4ccc(F)c(Cl)c4)CC3C2)S(=O)O)c1. The summed E-state index contributed by atoms with van der Waals surface area (Å²) in [6.45, 7) is 0. The number of rotatable bonds is 6. The van der Waals surface area contributed by atoms with Gasteiger partial charge in [-0.05, 0) is 55.7 Å². The number of nitrogen functional groups attached to an aromatic ring is 1. The van der Waals surface area contributed by atoms with E-state index in [9.17, 15) is 17.9 Å². The maximum atomic E-state index is 13.5. The molecule has 10 nitrogen and oxygen atoms in total. The normalized spacial score (nSPS) is 24.0. The first kappa shape index (κ1) is 24.7. The summed E-state index contributed by atoms with van der Waals surface area (Å²) in [5.41, 5.74) is 7.54. The van der Waals surface area contributed by atoms with Crippen LogP contribution in [0.1, 0.15) is 47.7 Å². The number of aromatic nitrogens is 4. The van der Waals surface area contributed by atoms with Gasteiger partial charge in [0, 0.05) is 37.9 Å². The topological polar surface area (TPSA) is 131 Å². The van der Waals surface area contributed by atoms with Crippen molar-refractivity contribution in [2.24, 2.45) is 25.9 Å². The summed E-state index contributed by atoms with van der Waals surface area (Å²) >= 11 is 3.67. The van der Waals surface area contributed by atoms with Crippen molar-refractivity contribution in [1.82, 2.24) is 19.3 Å². The molecule has 36 heavy (non-hydrogen) atoms. The first-order chi connectivity index (χ1) is 17.1. The number of fused-ring (bicyclic) bond motifs is 1. The zero-order valence-corrected chi connectivity index (χ0v) is 21.3. The molecular weight excluding hydrogens is 509 g/mol. The van der Waals surface area contributed by atoms with E-state index in [4.69, 9.17) is 17.3 Å². The molecule has 0 bridgehead atoms. The Kier molecular flexibility index (Phi) is 6.52. The zero-order chi connectivity index (χ0) is 25.7. The predicted octanol–water partition coefficient (Wildman–Crippen LogP) is 3.70. The average molecular weight is 536 g/mol. The minimum absolute atomic E-state index is 0.0323. The van der Waals surface area contributed by atoms with Gasteiger partial charge >= 0.3 is 0 Å². The van der Waals surface area contributed by atoms with Crippen LogP contribution in [-0.2, 0) is 25.4 Å². The van der Waals surface area contributed by atoms with Crippen LogP contribution in [0.2, 0.25) is 5.02 Å². The van der Waals surface area contributed by atoms with Gasteiger partial charge in [-0.1, -0.05) is 11.6 Å². The van der Waals surface area contributed by atoms with Crippen molar-refractivity contribution in [3.63, 3.8) is 0 Å². The Morgan fingerprint density at radius 2 is 1.97 bits per heavy atom. The summed E-state index contributed by atoms with van der Waals surface area (Å²) in [6.07, 6.45) is 6.45. The van der Waals surface area contributed by atoms with Crippen molar-refractivity contribution >= 4 is 46.1 Å². The van der Waals surface area contributed by atoms with Crippen LogP contribution < -0.4 is 15.4 Å². The van der Waals surface area contributed by atoms with Crippen molar-refractivity contribution in [3.05, 3.63) is 52.8 Å². The number of hydrogen-bond donors (Lipinski definition) is 3. The Balaban J connectivity index is 1.33. The summed E-state index contributed by atoms with van der Waals surface area (Å²) < 4.78 is 40.3. The molecule has 2 heterocycles. The molecule has 2 aliphatic rings. The van der Waals surface area contributed by atoms with Gasteiger partial charge in [-0.3, -0.25) is 14.0 Å². The Morgan fingerprint density at radius 1 is 1.28 bits per heavy atom. The minimum Gasteiger partial charge on any atom is -0.383 e. The average Bonchev–Trinajstić information content (AvgIpc) is 3.55. The molecular formula is C23H27ClFN7O3S. The number of imidazole rings is 1. The van der Waals surface area contributed by atoms with Gasteiger partial charge in [0.05, 0.1) is 17.0 Å². The number of benzene rings is 1. The molecule has 2 aliphatic carbocycles. The number of hydrogen-bond acceptors (Lipinski definition) is 5. The molecule has 5 rings (SSSR count). The van der Waals surface area contributed by atoms with E-state index >= 15 is 0 Å². The minimum atomic E-state index is -2.18. The van der Waals surface area contributed by atoms with Crippen LogP contribution in [0, 0.1) is 17.7 Å². The maximum absolute atomic E-state index is 13.5. The van der Waals surface area contributed by atoms with Crippen LogP contribution >= 0.6 is 11.6 Å². The number of carbonyl (C=O) groups is 1. The highest BCUT2D eigenvalue weighted by Gasteiger charge is 2.47. The first-order valence-corrected chi connectivity index (χ1v) is 13.0. The lowest BCUT2D eigenvalue weighted by Gasteiger charge is -2.25. The van der Waals surface area contributed by atoms with E-state index in [1.807, 2.05) is 7.05 Å².